The van der Waals surface area contributed by atoms with Gasteiger partial charge in [0.05, 0.1) is 11.4 Å². The van der Waals surface area contributed by atoms with E-state index in [4.69, 9.17) is 0 Å². The average Bonchev–Trinajstić information content (AvgIpc) is 3.16. The normalized spacial score (nSPS) is 10.7. The van der Waals surface area contributed by atoms with Gasteiger partial charge in [-0.25, -0.2) is 0 Å². The third kappa shape index (κ3) is 4.80. The Morgan fingerprint density at radius 3 is 2.55 bits per heavy atom. The molecule has 0 spiro atoms. The van der Waals surface area contributed by atoms with E-state index >= 15 is 0 Å². The Hall–Kier alpha value is -3.93. The summed E-state index contributed by atoms with van der Waals surface area (Å²) in [5.41, 5.74) is 10.7. The number of aromatic nitrogens is 2. The topological polar surface area (TPSA) is 86.9 Å². The summed E-state index contributed by atoms with van der Waals surface area (Å²) in [6, 6.07) is 20.9. The Morgan fingerprint density at radius 1 is 0.968 bits per heavy atom. The number of fused-ring (bicyclic) bond motifs is 1. The lowest BCUT2D eigenvalue weighted by atomic mass is 10.0. The number of nitrogens with zero attached hydrogens (tertiary/aromatic N) is 1. The van der Waals surface area contributed by atoms with Crippen LogP contribution in [0.3, 0.4) is 0 Å². The lowest BCUT2D eigenvalue weighted by Crippen LogP contribution is -2.41. The molecule has 0 unspecified atom stereocenters. The highest BCUT2D eigenvalue weighted by Crippen LogP contribution is 2.31. The molecule has 0 aliphatic heterocycles. The fourth-order valence-electron chi connectivity index (χ4n) is 3.63. The van der Waals surface area contributed by atoms with Crippen molar-refractivity contribution in [3.8, 4) is 11.4 Å². The van der Waals surface area contributed by atoms with Gasteiger partial charge < -0.3 is 4.98 Å². The molecule has 0 atom stereocenters. The molecule has 6 nitrogen and oxygen atoms in total. The zero-order chi connectivity index (χ0) is 21.6. The minimum atomic E-state index is -0.335. The second-order valence-electron chi connectivity index (χ2n) is 7.46. The highest BCUT2D eigenvalue weighted by molar-refractivity contribution is 5.95. The molecule has 3 N–H and O–H groups in total. The molecule has 0 aliphatic carbocycles. The Labute approximate surface area is 180 Å². The van der Waals surface area contributed by atoms with Crippen LogP contribution in [-0.4, -0.2) is 21.8 Å². The number of pyridine rings is 1. The van der Waals surface area contributed by atoms with Crippen LogP contribution >= 0.6 is 0 Å². The SMILES string of the molecule is Cc1ccc2[nH]c(-c3ccccn3)c(CCCC(=O)NNC(=O)c3ccccc3)c2c1. The number of hydrogen-bond donors (Lipinski definition) is 3. The van der Waals surface area contributed by atoms with Crippen LogP contribution in [0.2, 0.25) is 0 Å². The highest BCUT2D eigenvalue weighted by atomic mass is 16.2. The van der Waals surface area contributed by atoms with Crippen LogP contribution in [0.25, 0.3) is 22.3 Å². The van der Waals surface area contributed by atoms with Crippen molar-refractivity contribution in [2.24, 2.45) is 0 Å². The zero-order valence-corrected chi connectivity index (χ0v) is 17.3. The first-order chi connectivity index (χ1) is 15.1. The van der Waals surface area contributed by atoms with Crippen molar-refractivity contribution in [1.82, 2.24) is 20.8 Å². The Morgan fingerprint density at radius 2 is 1.77 bits per heavy atom. The van der Waals surface area contributed by atoms with E-state index in [-0.39, 0.29) is 11.8 Å². The molecule has 2 heterocycles. The first-order valence-electron chi connectivity index (χ1n) is 10.3. The molecule has 2 aromatic heterocycles. The molecule has 0 bridgehead atoms. The molecule has 4 rings (SSSR count). The van der Waals surface area contributed by atoms with E-state index < -0.39 is 0 Å². The number of rotatable bonds is 6. The number of hydrogen-bond acceptors (Lipinski definition) is 3. The van der Waals surface area contributed by atoms with Gasteiger partial charge in [0.1, 0.15) is 0 Å². The smallest absolute Gasteiger partial charge is 0.269 e. The van der Waals surface area contributed by atoms with Gasteiger partial charge in [-0.3, -0.25) is 25.4 Å². The average molecular weight is 412 g/mol. The summed E-state index contributed by atoms with van der Waals surface area (Å²) in [6.07, 6.45) is 3.44. The van der Waals surface area contributed by atoms with Crippen molar-refractivity contribution in [1.29, 1.82) is 0 Å². The minimum absolute atomic E-state index is 0.223. The first-order valence-corrected chi connectivity index (χ1v) is 10.3. The van der Waals surface area contributed by atoms with Gasteiger partial charge in [0.15, 0.2) is 0 Å². The van der Waals surface area contributed by atoms with Crippen LogP contribution in [0.5, 0.6) is 0 Å². The molecule has 0 saturated heterocycles. The Bertz CT molecular complexity index is 1200. The van der Waals surface area contributed by atoms with E-state index in [1.165, 1.54) is 5.56 Å². The van der Waals surface area contributed by atoms with Gasteiger partial charge in [0, 0.05) is 29.1 Å². The van der Waals surface area contributed by atoms with Crippen LogP contribution < -0.4 is 10.9 Å². The molecular weight excluding hydrogens is 388 g/mol. The largest absolute Gasteiger partial charge is 0.353 e. The van der Waals surface area contributed by atoms with Crippen molar-refractivity contribution in [3.63, 3.8) is 0 Å². The number of aryl methyl sites for hydroxylation is 2. The van der Waals surface area contributed by atoms with Crippen LogP contribution in [0.4, 0.5) is 0 Å². The summed E-state index contributed by atoms with van der Waals surface area (Å²) in [4.78, 5) is 32.3. The number of H-pyrrole nitrogens is 1. The summed E-state index contributed by atoms with van der Waals surface area (Å²) in [7, 11) is 0. The standard InChI is InChI=1S/C25H24N4O2/c1-17-13-14-21-20(16-17)19(24(27-21)22-11-5-6-15-26-22)10-7-12-23(30)28-29-25(31)18-8-3-2-4-9-18/h2-6,8-9,11,13-16,27H,7,10,12H2,1H3,(H,28,30)(H,29,31). The number of carbonyl (C=O) groups is 2. The molecule has 2 amide bonds. The first kappa shape index (κ1) is 20.3. The maximum Gasteiger partial charge on any atom is 0.269 e. The number of benzene rings is 2. The zero-order valence-electron chi connectivity index (χ0n) is 17.3. The number of amides is 2. The second-order valence-corrected chi connectivity index (χ2v) is 7.46. The van der Waals surface area contributed by atoms with Crippen molar-refractivity contribution in [2.75, 3.05) is 0 Å². The molecule has 31 heavy (non-hydrogen) atoms. The maximum atomic E-state index is 12.2. The number of carbonyl (C=O) groups excluding carboxylic acids is 2. The summed E-state index contributed by atoms with van der Waals surface area (Å²) in [5, 5.41) is 1.15. The van der Waals surface area contributed by atoms with Crippen molar-refractivity contribution < 1.29 is 9.59 Å². The van der Waals surface area contributed by atoms with Crippen molar-refractivity contribution in [3.05, 3.63) is 89.6 Å². The minimum Gasteiger partial charge on any atom is -0.353 e. The molecular formula is C25H24N4O2. The molecule has 2 aromatic carbocycles. The lowest BCUT2D eigenvalue weighted by molar-refractivity contribution is -0.121. The van der Waals surface area contributed by atoms with E-state index in [0.717, 1.165) is 34.3 Å². The van der Waals surface area contributed by atoms with E-state index in [9.17, 15) is 9.59 Å². The summed E-state index contributed by atoms with van der Waals surface area (Å²) >= 11 is 0. The van der Waals surface area contributed by atoms with Gasteiger partial charge in [-0.2, -0.15) is 0 Å². The Balaban J connectivity index is 1.42. The number of hydrazine groups is 1. The van der Waals surface area contributed by atoms with E-state index in [1.807, 2.05) is 24.3 Å². The van der Waals surface area contributed by atoms with Gasteiger partial charge >= 0.3 is 0 Å². The predicted octanol–water partition coefficient (Wildman–Crippen LogP) is 4.32. The molecule has 0 aliphatic rings. The molecule has 156 valence electrons. The fraction of sp³-hybridized carbons (Fsp3) is 0.160. The van der Waals surface area contributed by atoms with Gasteiger partial charge in [0.25, 0.3) is 5.91 Å². The van der Waals surface area contributed by atoms with Gasteiger partial charge in [0.2, 0.25) is 5.91 Å². The van der Waals surface area contributed by atoms with Crippen LogP contribution in [0, 0.1) is 6.92 Å². The van der Waals surface area contributed by atoms with E-state index in [0.29, 0.717) is 18.4 Å². The summed E-state index contributed by atoms with van der Waals surface area (Å²) < 4.78 is 0. The van der Waals surface area contributed by atoms with E-state index in [2.05, 4.69) is 45.9 Å². The molecule has 4 aromatic rings. The monoisotopic (exact) mass is 412 g/mol. The third-order valence-corrected chi connectivity index (χ3v) is 5.16. The van der Waals surface area contributed by atoms with Gasteiger partial charge in [-0.05, 0) is 61.7 Å². The molecule has 0 saturated carbocycles. The fourth-order valence-corrected chi connectivity index (χ4v) is 3.63. The predicted molar refractivity (Wildman–Crippen MR) is 121 cm³/mol. The lowest BCUT2D eigenvalue weighted by Gasteiger charge is -2.08. The Kier molecular flexibility index (Phi) is 6.08. The molecule has 0 radical (unpaired) electrons. The molecule has 0 fully saturated rings. The van der Waals surface area contributed by atoms with Crippen LogP contribution in [-0.2, 0) is 11.2 Å². The van der Waals surface area contributed by atoms with Gasteiger partial charge in [-0.1, -0.05) is 35.9 Å². The third-order valence-electron chi connectivity index (χ3n) is 5.16. The van der Waals surface area contributed by atoms with Crippen LogP contribution in [0.15, 0.2) is 72.9 Å². The maximum absolute atomic E-state index is 12.2. The second kappa shape index (κ2) is 9.26. The highest BCUT2D eigenvalue weighted by Gasteiger charge is 2.15. The molecule has 6 heteroatoms. The van der Waals surface area contributed by atoms with E-state index in [1.54, 1.807) is 30.5 Å². The quantitative estimate of drug-likeness (QED) is 0.412. The van der Waals surface area contributed by atoms with Crippen molar-refractivity contribution >= 4 is 22.7 Å². The number of aromatic amines is 1. The van der Waals surface area contributed by atoms with Crippen LogP contribution in [0.1, 0.15) is 34.3 Å². The van der Waals surface area contributed by atoms with Crippen molar-refractivity contribution in [2.45, 2.75) is 26.2 Å². The summed E-state index contributed by atoms with van der Waals surface area (Å²) in [6.45, 7) is 2.07. The number of nitrogens with one attached hydrogen (secondary N) is 3. The van der Waals surface area contributed by atoms with Gasteiger partial charge in [-0.15, -0.1) is 0 Å². The summed E-state index contributed by atoms with van der Waals surface area (Å²) in [5.74, 6) is -0.557.